The van der Waals surface area contributed by atoms with E-state index in [1.807, 2.05) is 6.56 Å². The molecule has 2 rings (SSSR count). The van der Waals surface area contributed by atoms with Crippen molar-refractivity contribution in [3.8, 4) is 0 Å². The Morgan fingerprint density at radius 2 is 1.10 bits per heavy atom. The van der Waals surface area contributed by atoms with Crippen LogP contribution in [-0.2, 0) is 23.2 Å². The van der Waals surface area contributed by atoms with Gasteiger partial charge in [-0.25, -0.2) is 0 Å². The summed E-state index contributed by atoms with van der Waals surface area (Å²) in [5, 5.41) is 0. The van der Waals surface area contributed by atoms with Crippen molar-refractivity contribution in [1.29, 1.82) is 0 Å². The Balaban J connectivity index is 0.00000392. The van der Waals surface area contributed by atoms with Gasteiger partial charge in [-0.2, -0.15) is 0 Å². The minimum Gasteiger partial charge on any atom is -0.147 e. The summed E-state index contributed by atoms with van der Waals surface area (Å²) in [4.78, 5) is 0. The molecule has 0 nitrogen and oxygen atoms in total. The Morgan fingerprint density at radius 1 is 0.690 bits per heavy atom. The van der Waals surface area contributed by atoms with Gasteiger partial charge in [0.05, 0.1) is 0 Å². The summed E-state index contributed by atoms with van der Waals surface area (Å²) in [6, 6.07) is 0. The summed E-state index contributed by atoms with van der Waals surface area (Å²) in [6.45, 7) is 9.45. The first-order valence-corrected chi connectivity index (χ1v) is 14.3. The van der Waals surface area contributed by atoms with Crippen LogP contribution in [0.25, 0.3) is 0 Å². The molecule has 0 saturated carbocycles. The Hall–Kier alpha value is 0.423. The molecule has 0 bridgehead atoms. The van der Waals surface area contributed by atoms with Gasteiger partial charge in [0.15, 0.2) is 0 Å². The third kappa shape index (κ3) is 9.21. The topological polar surface area (TPSA) is 0 Å². The standard InChI is InChI=1S/2C13H21.2ClH.Zr/c2*1-3-5-6-9-12(4-2)13-10-7-8-11-13;;;/h2*7,10,12H,3-6,8-9H2,1-2H3;2*1H;. The van der Waals surface area contributed by atoms with Crippen LogP contribution in [0.5, 0.6) is 0 Å². The first-order valence-electron chi connectivity index (χ1n) is 11.8. The van der Waals surface area contributed by atoms with Crippen molar-refractivity contribution in [2.24, 2.45) is 11.8 Å². The Kier molecular flexibility index (Phi) is 17.3. The largest absolute Gasteiger partial charge is 0.147 e. The molecule has 0 radical (unpaired) electrons. The van der Waals surface area contributed by atoms with Gasteiger partial charge >= 0.3 is 182 Å². The molecule has 0 fully saturated rings. The molecule has 2 unspecified atom stereocenters. The third-order valence-corrected chi connectivity index (χ3v) is 10.3. The molecule has 0 amide bonds. The average molecular weight is 519 g/mol. The molecule has 2 aliphatic rings. The average Bonchev–Trinajstić information content (AvgIpc) is 3.33. The van der Waals surface area contributed by atoms with Crippen LogP contribution >= 0.6 is 24.8 Å². The van der Waals surface area contributed by atoms with Crippen LogP contribution in [0.4, 0.5) is 0 Å². The molecule has 2 atom stereocenters. The summed E-state index contributed by atoms with van der Waals surface area (Å²) in [5.74, 6) is 1.66. The smallest absolute Gasteiger partial charge is 0.147 e. The molecule has 166 valence electrons. The van der Waals surface area contributed by atoms with E-state index in [0.717, 1.165) is 11.8 Å². The van der Waals surface area contributed by atoms with E-state index in [4.69, 9.17) is 0 Å². The van der Waals surface area contributed by atoms with Gasteiger partial charge in [-0.05, 0) is 0 Å². The maximum atomic E-state index is 2.51. The van der Waals surface area contributed by atoms with Crippen LogP contribution in [-0.4, -0.2) is 0 Å². The van der Waals surface area contributed by atoms with Crippen molar-refractivity contribution in [2.75, 3.05) is 0 Å². The second kappa shape index (κ2) is 17.0. The van der Waals surface area contributed by atoms with E-state index in [1.54, 1.807) is 11.1 Å². The van der Waals surface area contributed by atoms with Crippen LogP contribution in [0.3, 0.4) is 0 Å². The van der Waals surface area contributed by atoms with Crippen LogP contribution in [0.2, 0.25) is 0 Å². The van der Waals surface area contributed by atoms with E-state index in [9.17, 15) is 0 Å². The number of hydrogen-bond acceptors (Lipinski definition) is 0. The van der Waals surface area contributed by atoms with Gasteiger partial charge in [0, 0.05) is 0 Å². The number of unbranched alkanes of at least 4 members (excludes halogenated alkanes) is 4. The molecule has 0 aromatic carbocycles. The van der Waals surface area contributed by atoms with Gasteiger partial charge in [-0.1, -0.05) is 0 Å². The number of halogens is 2. The van der Waals surface area contributed by atoms with E-state index in [-0.39, 0.29) is 24.8 Å². The van der Waals surface area contributed by atoms with E-state index in [0.29, 0.717) is 0 Å². The fourth-order valence-corrected chi connectivity index (χ4v) is 8.78. The van der Waals surface area contributed by atoms with Gasteiger partial charge in [-0.15, -0.1) is 24.8 Å². The van der Waals surface area contributed by atoms with Crippen LogP contribution < -0.4 is 0 Å². The fourth-order valence-electron chi connectivity index (χ4n) is 4.68. The number of allylic oxidation sites excluding steroid dienone is 8. The van der Waals surface area contributed by atoms with Crippen LogP contribution in [0.15, 0.2) is 42.0 Å². The van der Waals surface area contributed by atoms with Crippen molar-refractivity contribution in [3.63, 3.8) is 0 Å². The minimum atomic E-state index is -0.592. The Morgan fingerprint density at radius 3 is 1.45 bits per heavy atom. The van der Waals surface area contributed by atoms with Gasteiger partial charge in [0.25, 0.3) is 0 Å². The quantitative estimate of drug-likeness (QED) is 0.201. The van der Waals surface area contributed by atoms with Gasteiger partial charge in [-0.3, -0.25) is 0 Å². The zero-order chi connectivity index (χ0) is 19.5. The molecular formula is C26H44Cl2Zr. The number of hydrogen-bond donors (Lipinski definition) is 0. The van der Waals surface area contributed by atoms with Gasteiger partial charge < -0.3 is 0 Å². The van der Waals surface area contributed by atoms with Crippen molar-refractivity contribution < 1.29 is 23.2 Å². The van der Waals surface area contributed by atoms with Gasteiger partial charge in [0.1, 0.15) is 0 Å². The molecule has 2 aliphatic carbocycles. The van der Waals surface area contributed by atoms with E-state index >= 15 is 0 Å². The predicted octanol–water partition coefficient (Wildman–Crippen LogP) is 9.55. The first kappa shape index (κ1) is 29.4. The summed E-state index contributed by atoms with van der Waals surface area (Å²) in [5.41, 5.74) is 3.55. The summed E-state index contributed by atoms with van der Waals surface area (Å²) in [7, 11) is 0. The maximum absolute atomic E-state index is 2.51. The molecule has 3 heteroatoms. The maximum Gasteiger partial charge on any atom is -0.147 e. The monoisotopic (exact) mass is 516 g/mol. The minimum absolute atomic E-state index is 0. The van der Waals surface area contributed by atoms with Gasteiger partial charge in [0.2, 0.25) is 0 Å². The van der Waals surface area contributed by atoms with E-state index in [1.165, 1.54) is 77.0 Å². The normalized spacial score (nSPS) is 17.4. The summed E-state index contributed by atoms with van der Waals surface area (Å²) < 4.78 is 3.81. The van der Waals surface area contributed by atoms with E-state index in [2.05, 4.69) is 52.0 Å². The molecule has 0 N–H and O–H groups in total. The Labute approximate surface area is 205 Å². The van der Waals surface area contributed by atoms with Crippen molar-refractivity contribution in [3.05, 3.63) is 42.0 Å². The summed E-state index contributed by atoms with van der Waals surface area (Å²) in [6.07, 6.45) is 26.3. The molecule has 0 saturated heterocycles. The molecular weight excluding hydrogens is 474 g/mol. The first-order chi connectivity index (χ1) is 13.2. The van der Waals surface area contributed by atoms with Crippen molar-refractivity contribution in [1.82, 2.24) is 0 Å². The van der Waals surface area contributed by atoms with Crippen molar-refractivity contribution >= 4 is 24.8 Å². The molecule has 0 aliphatic heterocycles. The predicted molar refractivity (Wildman–Crippen MR) is 132 cm³/mol. The Bertz CT molecular complexity index is 521. The van der Waals surface area contributed by atoms with Crippen LogP contribution in [0.1, 0.15) is 105 Å². The zero-order valence-corrected chi connectivity index (χ0v) is 23.4. The second-order valence-electron chi connectivity index (χ2n) is 8.41. The SMILES string of the molecule is CCCCCC(CC)C1=[C]([Zr][C]2=C(C(CC)CCCCC)C=CC2)CC=C1.Cl.Cl. The third-order valence-electron chi connectivity index (χ3n) is 6.41. The molecule has 0 heterocycles. The van der Waals surface area contributed by atoms with Crippen LogP contribution in [0, 0.1) is 11.8 Å². The number of rotatable bonds is 14. The second-order valence-corrected chi connectivity index (χ2v) is 12.0. The fraction of sp³-hybridized carbons (Fsp3) is 0.692. The van der Waals surface area contributed by atoms with E-state index < -0.39 is 23.2 Å². The molecule has 0 aromatic heterocycles. The summed E-state index contributed by atoms with van der Waals surface area (Å²) >= 11 is -0.592. The molecule has 0 spiro atoms. The molecule has 29 heavy (non-hydrogen) atoms. The molecule has 0 aromatic rings. The zero-order valence-electron chi connectivity index (χ0n) is 19.3. The van der Waals surface area contributed by atoms with Crippen molar-refractivity contribution in [2.45, 2.75) is 105 Å².